The van der Waals surface area contributed by atoms with Gasteiger partial charge in [-0.15, -0.1) is 11.3 Å². The van der Waals surface area contributed by atoms with Gasteiger partial charge in [-0.2, -0.15) is 0 Å². The first kappa shape index (κ1) is 22.3. The van der Waals surface area contributed by atoms with Crippen LogP contribution in [0.3, 0.4) is 0 Å². The predicted molar refractivity (Wildman–Crippen MR) is 135 cm³/mol. The Morgan fingerprint density at radius 2 is 1.85 bits per heavy atom. The lowest BCUT2D eigenvalue weighted by Gasteiger charge is -2.19. The molecule has 0 amide bonds. The molecule has 0 spiro atoms. The van der Waals surface area contributed by atoms with Crippen LogP contribution in [0.4, 0.5) is 4.79 Å². The zero-order chi connectivity index (χ0) is 23.9. The van der Waals surface area contributed by atoms with Crippen molar-refractivity contribution in [3.8, 4) is 21.8 Å². The fourth-order valence-electron chi connectivity index (χ4n) is 4.02. The molecule has 4 aromatic heterocycles. The highest BCUT2D eigenvalue weighted by Crippen LogP contribution is 2.37. The molecule has 1 aromatic carbocycles. The number of rotatable bonds is 5. The van der Waals surface area contributed by atoms with Crippen LogP contribution in [0.1, 0.15) is 20.8 Å². The average molecular weight is 475 g/mol. The van der Waals surface area contributed by atoms with E-state index >= 15 is 0 Å². The topological polar surface area (TPSA) is 71.2 Å². The molecule has 5 rings (SSSR count). The van der Waals surface area contributed by atoms with Gasteiger partial charge in [-0.3, -0.25) is 4.57 Å². The smallest absolute Gasteiger partial charge is 0.419 e. The van der Waals surface area contributed by atoms with Gasteiger partial charge in [-0.05, 0) is 39.0 Å². The normalized spacial score (nSPS) is 12.0. The number of benzene rings is 1. The van der Waals surface area contributed by atoms with Gasteiger partial charge < -0.3 is 14.0 Å². The highest BCUT2D eigenvalue weighted by molar-refractivity contribution is 7.13. The molecule has 8 heteroatoms. The van der Waals surface area contributed by atoms with E-state index in [1.54, 1.807) is 29.2 Å². The summed E-state index contributed by atoms with van der Waals surface area (Å²) in [5.74, 6) is 0. The van der Waals surface area contributed by atoms with E-state index < -0.39 is 11.7 Å². The maximum Gasteiger partial charge on any atom is 0.419 e. The lowest BCUT2D eigenvalue weighted by Crippen LogP contribution is -2.26. The van der Waals surface area contributed by atoms with Crippen molar-refractivity contribution < 1.29 is 14.3 Å². The molecule has 0 fully saturated rings. The van der Waals surface area contributed by atoms with E-state index in [-0.39, 0.29) is 0 Å². The van der Waals surface area contributed by atoms with Crippen molar-refractivity contribution >= 4 is 39.4 Å². The third kappa shape index (κ3) is 4.10. The number of fused-ring (bicyclic) bond motifs is 2. The highest BCUT2D eigenvalue weighted by atomic mass is 32.1. The third-order valence-electron chi connectivity index (χ3n) is 5.48. The van der Waals surface area contributed by atoms with Crippen molar-refractivity contribution in [1.29, 1.82) is 0 Å². The van der Waals surface area contributed by atoms with Crippen LogP contribution in [0.5, 0.6) is 0 Å². The second kappa shape index (κ2) is 8.70. The molecule has 0 unspecified atom stereocenters. The summed E-state index contributed by atoms with van der Waals surface area (Å²) in [6, 6.07) is 11.8. The van der Waals surface area contributed by atoms with Gasteiger partial charge in [0.25, 0.3) is 0 Å². The Balaban J connectivity index is 1.58. The number of ether oxygens (including phenoxy) is 2. The van der Waals surface area contributed by atoms with Gasteiger partial charge in [0.05, 0.1) is 17.8 Å². The van der Waals surface area contributed by atoms with Gasteiger partial charge in [-0.1, -0.05) is 18.2 Å². The van der Waals surface area contributed by atoms with Crippen LogP contribution in [0.2, 0.25) is 0 Å². The fourth-order valence-corrected chi connectivity index (χ4v) is 4.86. The summed E-state index contributed by atoms with van der Waals surface area (Å²) >= 11 is 1.56. The van der Waals surface area contributed by atoms with Gasteiger partial charge in [0.15, 0.2) is 0 Å². The maximum absolute atomic E-state index is 12.9. The lowest BCUT2D eigenvalue weighted by atomic mass is 10.1. The number of methoxy groups -OCH3 is 1. The number of carbonyl (C=O) groups excluding carboxylic acids is 1. The molecule has 0 bridgehead atoms. The largest absolute Gasteiger partial charge is 0.443 e. The Morgan fingerprint density at radius 1 is 1.06 bits per heavy atom. The Hall–Kier alpha value is -3.49. The molecule has 0 saturated carbocycles. The fraction of sp³-hybridized carbons (Fsp3) is 0.269. The molecule has 0 saturated heterocycles. The zero-order valence-corrected chi connectivity index (χ0v) is 20.4. The molecule has 0 N–H and O–H groups in total. The summed E-state index contributed by atoms with van der Waals surface area (Å²) in [6.45, 7) is 6.91. The molecule has 0 aliphatic heterocycles. The van der Waals surface area contributed by atoms with Crippen LogP contribution in [-0.4, -0.2) is 44.5 Å². The summed E-state index contributed by atoms with van der Waals surface area (Å²) < 4.78 is 14.6. The molecule has 174 valence electrons. The van der Waals surface area contributed by atoms with E-state index in [0.717, 1.165) is 43.8 Å². The van der Waals surface area contributed by atoms with Crippen LogP contribution >= 0.6 is 11.3 Å². The number of nitrogens with zero attached hydrogens (tertiary/aromatic N) is 4. The zero-order valence-electron chi connectivity index (χ0n) is 19.6. The summed E-state index contributed by atoms with van der Waals surface area (Å²) in [6.07, 6.45) is 5.30. The number of carbonyl (C=O) groups is 1. The number of para-hydroxylation sites is 1. The number of thiazole rings is 1. The van der Waals surface area contributed by atoms with Gasteiger partial charge in [0, 0.05) is 59.5 Å². The highest BCUT2D eigenvalue weighted by Gasteiger charge is 2.22. The first-order valence-corrected chi connectivity index (χ1v) is 12.0. The van der Waals surface area contributed by atoms with Crippen LogP contribution in [0.25, 0.3) is 43.8 Å². The SMILES string of the molecule is COCCn1cc(-c2csc(-c3cn(C(=O)OC(C)(C)C)c4ccccc34)n2)c2cccnc21. The number of hydrogen-bond donors (Lipinski definition) is 0. The van der Waals surface area contributed by atoms with Gasteiger partial charge in [0.2, 0.25) is 0 Å². The average Bonchev–Trinajstić information content (AvgIpc) is 3.51. The Morgan fingerprint density at radius 3 is 2.65 bits per heavy atom. The molecule has 34 heavy (non-hydrogen) atoms. The van der Waals surface area contributed by atoms with E-state index in [1.165, 1.54) is 0 Å². The number of aromatic nitrogens is 4. The Kier molecular flexibility index (Phi) is 5.71. The van der Waals surface area contributed by atoms with Gasteiger partial charge >= 0.3 is 6.09 Å². The summed E-state index contributed by atoms with van der Waals surface area (Å²) in [5.41, 5.74) is 3.93. The van der Waals surface area contributed by atoms with Crippen LogP contribution < -0.4 is 0 Å². The predicted octanol–water partition coefficient (Wildman–Crippen LogP) is 6.21. The van der Waals surface area contributed by atoms with Crippen molar-refractivity contribution in [2.24, 2.45) is 0 Å². The molecule has 4 heterocycles. The first-order valence-electron chi connectivity index (χ1n) is 11.1. The number of hydrogen-bond acceptors (Lipinski definition) is 6. The van der Waals surface area contributed by atoms with E-state index in [2.05, 4.69) is 27.2 Å². The van der Waals surface area contributed by atoms with Gasteiger partial charge in [0.1, 0.15) is 16.3 Å². The van der Waals surface area contributed by atoms with Crippen LogP contribution in [0, 0.1) is 0 Å². The second-order valence-electron chi connectivity index (χ2n) is 9.05. The van der Waals surface area contributed by atoms with E-state index in [9.17, 15) is 4.79 Å². The molecular weight excluding hydrogens is 448 g/mol. The molecule has 0 aliphatic rings. The van der Waals surface area contributed by atoms with E-state index in [4.69, 9.17) is 14.5 Å². The van der Waals surface area contributed by atoms with Crippen molar-refractivity contribution in [3.05, 3.63) is 60.4 Å². The first-order chi connectivity index (χ1) is 16.4. The Labute approximate surface area is 201 Å². The van der Waals surface area contributed by atoms with Crippen molar-refractivity contribution in [2.45, 2.75) is 32.9 Å². The number of pyridine rings is 1. The van der Waals surface area contributed by atoms with Crippen molar-refractivity contribution in [2.75, 3.05) is 13.7 Å². The minimum atomic E-state index is -0.581. The monoisotopic (exact) mass is 474 g/mol. The second-order valence-corrected chi connectivity index (χ2v) is 9.91. The third-order valence-corrected chi connectivity index (χ3v) is 6.36. The van der Waals surface area contributed by atoms with Crippen molar-refractivity contribution in [3.63, 3.8) is 0 Å². The van der Waals surface area contributed by atoms with Crippen LogP contribution in [-0.2, 0) is 16.0 Å². The minimum absolute atomic E-state index is 0.404. The summed E-state index contributed by atoms with van der Waals surface area (Å²) in [4.78, 5) is 22.4. The van der Waals surface area contributed by atoms with Crippen LogP contribution in [0.15, 0.2) is 60.4 Å². The standard InChI is InChI=1S/C26H26N4O3S/c1-26(2,3)33-25(31)30-15-20(17-8-5-6-10-22(17)30)24-28-21(16-34-24)19-14-29(12-13-32-4)23-18(19)9-7-11-27-23/h5-11,14-16H,12-13H2,1-4H3. The summed E-state index contributed by atoms with van der Waals surface area (Å²) in [5, 5.41) is 4.90. The van der Waals surface area contributed by atoms with Crippen molar-refractivity contribution in [1.82, 2.24) is 19.1 Å². The quantitative estimate of drug-likeness (QED) is 0.303. The molecule has 0 aliphatic carbocycles. The molecule has 7 nitrogen and oxygen atoms in total. The molecular formula is C26H26N4O3S. The molecule has 5 aromatic rings. The van der Waals surface area contributed by atoms with E-state index in [0.29, 0.717) is 13.2 Å². The van der Waals surface area contributed by atoms with Gasteiger partial charge in [-0.25, -0.2) is 14.8 Å². The summed E-state index contributed by atoms with van der Waals surface area (Å²) in [7, 11) is 1.69. The maximum atomic E-state index is 12.9. The molecule has 0 radical (unpaired) electrons. The minimum Gasteiger partial charge on any atom is -0.443 e. The lowest BCUT2D eigenvalue weighted by molar-refractivity contribution is 0.0544. The molecule has 0 atom stereocenters. The van der Waals surface area contributed by atoms with E-state index in [1.807, 2.05) is 57.3 Å². The Bertz CT molecular complexity index is 1490.